The first-order chi connectivity index (χ1) is 8.70. The van der Waals surface area contributed by atoms with Crippen molar-refractivity contribution in [2.75, 3.05) is 19.0 Å². The van der Waals surface area contributed by atoms with E-state index in [1.165, 1.54) is 14.9 Å². The summed E-state index contributed by atoms with van der Waals surface area (Å²) >= 11 is 5.21. The van der Waals surface area contributed by atoms with Crippen molar-refractivity contribution in [2.24, 2.45) is 0 Å². The summed E-state index contributed by atoms with van der Waals surface area (Å²) in [5.74, 6) is 1.04. The fourth-order valence-electron chi connectivity index (χ4n) is 1.88. The molecule has 0 fully saturated rings. The summed E-state index contributed by atoms with van der Waals surface area (Å²) in [5, 5.41) is 5.34. The lowest BCUT2D eigenvalue weighted by atomic mass is 10.2. The highest BCUT2D eigenvalue weighted by Gasteiger charge is 2.09. The number of nitrogens with zero attached hydrogens (tertiary/aromatic N) is 2. The highest BCUT2D eigenvalue weighted by Crippen LogP contribution is 2.23. The van der Waals surface area contributed by atoms with Crippen molar-refractivity contribution < 1.29 is 0 Å². The molecule has 1 N–H and O–H groups in total. The van der Waals surface area contributed by atoms with E-state index in [1.54, 1.807) is 11.3 Å². The van der Waals surface area contributed by atoms with Gasteiger partial charge in [-0.3, -0.25) is 0 Å². The van der Waals surface area contributed by atoms with Gasteiger partial charge in [-0.25, -0.2) is 4.98 Å². The van der Waals surface area contributed by atoms with Gasteiger partial charge in [0.15, 0.2) is 0 Å². The first-order valence-corrected chi connectivity index (χ1v) is 7.40. The monoisotopic (exact) mass is 325 g/mol. The largest absolute Gasteiger partial charge is 0.355 e. The number of hydrogen-bond acceptors (Lipinski definition) is 4. The Morgan fingerprint density at radius 2 is 2.33 bits per heavy atom. The first kappa shape index (κ1) is 13.5. The molecule has 96 valence electrons. The van der Waals surface area contributed by atoms with Crippen LogP contribution in [0.1, 0.15) is 11.1 Å². The molecule has 0 aliphatic carbocycles. The molecule has 2 aromatic heterocycles. The van der Waals surface area contributed by atoms with Gasteiger partial charge in [-0.05, 0) is 46.1 Å². The molecule has 0 saturated carbocycles. The summed E-state index contributed by atoms with van der Waals surface area (Å²) in [6.45, 7) is 1.71. The standard InChI is InChI=1S/C13H16BrN3S/c1-15-7-11-4-3-5-16-13(11)17(2)8-10-6-12(14)18-9-10/h3-6,9,15H,7-8H2,1-2H3. The molecule has 18 heavy (non-hydrogen) atoms. The van der Waals surface area contributed by atoms with Gasteiger partial charge in [-0.15, -0.1) is 11.3 Å². The van der Waals surface area contributed by atoms with E-state index >= 15 is 0 Å². The molecule has 0 aromatic carbocycles. The quantitative estimate of drug-likeness (QED) is 0.914. The minimum Gasteiger partial charge on any atom is -0.355 e. The molecule has 2 rings (SSSR count). The molecular formula is C13H16BrN3S. The molecular weight excluding hydrogens is 310 g/mol. The Bertz CT molecular complexity index is 512. The molecule has 3 nitrogen and oxygen atoms in total. The Labute approximate surface area is 120 Å². The highest BCUT2D eigenvalue weighted by atomic mass is 79.9. The lowest BCUT2D eigenvalue weighted by Crippen LogP contribution is -2.20. The summed E-state index contributed by atoms with van der Waals surface area (Å²) in [6.07, 6.45) is 1.84. The number of thiophene rings is 1. The summed E-state index contributed by atoms with van der Waals surface area (Å²) in [7, 11) is 4.03. The normalized spacial score (nSPS) is 10.6. The van der Waals surface area contributed by atoms with Gasteiger partial charge in [-0.2, -0.15) is 0 Å². The molecule has 0 atom stereocenters. The van der Waals surface area contributed by atoms with E-state index < -0.39 is 0 Å². The van der Waals surface area contributed by atoms with Crippen molar-refractivity contribution in [2.45, 2.75) is 13.1 Å². The minimum atomic E-state index is 0.834. The van der Waals surface area contributed by atoms with Gasteiger partial charge < -0.3 is 10.2 Å². The van der Waals surface area contributed by atoms with Crippen LogP contribution in [0.25, 0.3) is 0 Å². The predicted octanol–water partition coefficient (Wildman–Crippen LogP) is 3.26. The third kappa shape index (κ3) is 3.31. The molecule has 0 aliphatic rings. The molecule has 0 bridgehead atoms. The maximum atomic E-state index is 4.48. The van der Waals surface area contributed by atoms with E-state index in [1.807, 2.05) is 19.3 Å². The van der Waals surface area contributed by atoms with Gasteiger partial charge in [0, 0.05) is 31.9 Å². The zero-order valence-electron chi connectivity index (χ0n) is 10.5. The van der Waals surface area contributed by atoms with Gasteiger partial charge in [-0.1, -0.05) is 6.07 Å². The highest BCUT2D eigenvalue weighted by molar-refractivity contribution is 9.11. The Hall–Kier alpha value is -0.910. The zero-order chi connectivity index (χ0) is 13.0. The van der Waals surface area contributed by atoms with Crippen LogP contribution in [0, 0.1) is 0 Å². The summed E-state index contributed by atoms with van der Waals surface area (Å²) in [4.78, 5) is 6.66. The van der Waals surface area contributed by atoms with Crippen LogP contribution in [0.5, 0.6) is 0 Å². The average molecular weight is 326 g/mol. The van der Waals surface area contributed by atoms with E-state index in [9.17, 15) is 0 Å². The minimum absolute atomic E-state index is 0.834. The fourth-order valence-corrected chi connectivity index (χ4v) is 3.08. The smallest absolute Gasteiger partial charge is 0.133 e. The molecule has 0 aliphatic heterocycles. The van der Waals surface area contributed by atoms with E-state index in [2.05, 4.69) is 55.7 Å². The number of pyridine rings is 1. The zero-order valence-corrected chi connectivity index (χ0v) is 12.9. The van der Waals surface area contributed by atoms with E-state index in [-0.39, 0.29) is 0 Å². The van der Waals surface area contributed by atoms with Gasteiger partial charge in [0.05, 0.1) is 3.79 Å². The van der Waals surface area contributed by atoms with Crippen molar-refractivity contribution in [1.29, 1.82) is 0 Å². The van der Waals surface area contributed by atoms with Crippen LogP contribution < -0.4 is 10.2 Å². The molecule has 0 spiro atoms. The summed E-state index contributed by atoms with van der Waals surface area (Å²) < 4.78 is 1.17. The maximum absolute atomic E-state index is 4.48. The molecule has 2 heterocycles. The van der Waals surface area contributed by atoms with Crippen LogP contribution >= 0.6 is 27.3 Å². The van der Waals surface area contributed by atoms with Crippen molar-refractivity contribution >= 4 is 33.1 Å². The number of anilines is 1. The van der Waals surface area contributed by atoms with Crippen LogP contribution in [0.3, 0.4) is 0 Å². The molecule has 0 saturated heterocycles. The van der Waals surface area contributed by atoms with Crippen LogP contribution in [0.2, 0.25) is 0 Å². The van der Waals surface area contributed by atoms with Gasteiger partial charge in [0.2, 0.25) is 0 Å². The first-order valence-electron chi connectivity index (χ1n) is 5.73. The maximum Gasteiger partial charge on any atom is 0.133 e. The number of nitrogens with one attached hydrogen (secondary N) is 1. The van der Waals surface area contributed by atoms with E-state index in [0.29, 0.717) is 0 Å². The molecule has 0 amide bonds. The lowest BCUT2D eigenvalue weighted by molar-refractivity contribution is 0.796. The molecule has 5 heteroatoms. The third-order valence-electron chi connectivity index (χ3n) is 2.64. The van der Waals surface area contributed by atoms with Crippen LogP contribution in [-0.4, -0.2) is 19.1 Å². The number of aromatic nitrogens is 1. The average Bonchev–Trinajstić information content (AvgIpc) is 2.76. The molecule has 0 unspecified atom stereocenters. The van der Waals surface area contributed by atoms with Crippen LogP contribution in [0.15, 0.2) is 33.6 Å². The van der Waals surface area contributed by atoms with E-state index in [0.717, 1.165) is 18.9 Å². The number of hydrogen-bond donors (Lipinski definition) is 1. The number of rotatable bonds is 5. The SMILES string of the molecule is CNCc1cccnc1N(C)Cc1csc(Br)c1. The van der Waals surface area contributed by atoms with Crippen molar-refractivity contribution in [3.8, 4) is 0 Å². The second kappa shape index (κ2) is 6.31. The Kier molecular flexibility index (Phi) is 4.74. The summed E-state index contributed by atoms with van der Waals surface area (Å²) in [6, 6.07) is 6.24. The second-order valence-electron chi connectivity index (χ2n) is 4.13. The predicted molar refractivity (Wildman–Crippen MR) is 81.1 cm³/mol. The van der Waals surface area contributed by atoms with Crippen molar-refractivity contribution in [3.05, 3.63) is 44.7 Å². The fraction of sp³-hybridized carbons (Fsp3) is 0.308. The van der Waals surface area contributed by atoms with Gasteiger partial charge in [0.25, 0.3) is 0 Å². The molecule has 2 aromatic rings. The third-order valence-corrected chi connectivity index (χ3v) is 4.19. The van der Waals surface area contributed by atoms with Gasteiger partial charge >= 0.3 is 0 Å². The van der Waals surface area contributed by atoms with Crippen molar-refractivity contribution in [1.82, 2.24) is 10.3 Å². The topological polar surface area (TPSA) is 28.2 Å². The van der Waals surface area contributed by atoms with Crippen LogP contribution in [0.4, 0.5) is 5.82 Å². The van der Waals surface area contributed by atoms with Gasteiger partial charge in [0.1, 0.15) is 5.82 Å². The number of halogens is 1. The Balaban J connectivity index is 2.15. The van der Waals surface area contributed by atoms with E-state index in [4.69, 9.17) is 0 Å². The Morgan fingerprint density at radius 3 is 3.00 bits per heavy atom. The molecule has 0 radical (unpaired) electrons. The summed E-state index contributed by atoms with van der Waals surface area (Å²) in [5.41, 5.74) is 2.52. The van der Waals surface area contributed by atoms with Crippen LogP contribution in [-0.2, 0) is 13.1 Å². The van der Waals surface area contributed by atoms with Crippen molar-refractivity contribution in [3.63, 3.8) is 0 Å². The Morgan fingerprint density at radius 1 is 1.50 bits per heavy atom. The lowest BCUT2D eigenvalue weighted by Gasteiger charge is -2.20. The second-order valence-corrected chi connectivity index (χ2v) is 6.42.